The lowest BCUT2D eigenvalue weighted by Gasteiger charge is -2.40. The number of halogens is 1. The Morgan fingerprint density at radius 2 is 2.00 bits per heavy atom. The van der Waals surface area contributed by atoms with Gasteiger partial charge in [0.25, 0.3) is 0 Å². The topological polar surface area (TPSA) is 76.0 Å². The first-order chi connectivity index (χ1) is 8.56. The van der Waals surface area contributed by atoms with E-state index in [9.17, 15) is 9.59 Å². The van der Waals surface area contributed by atoms with E-state index in [0.29, 0.717) is 0 Å². The number of aromatic nitrogens is 1. The largest absolute Gasteiger partial charge is 0.368 e. The summed E-state index contributed by atoms with van der Waals surface area (Å²) in [5.74, 6) is -0.496. The molecule has 2 rings (SSSR count). The Bertz CT molecular complexity index is 472. The van der Waals surface area contributed by atoms with Crippen molar-refractivity contribution < 1.29 is 4.79 Å². The maximum Gasteiger partial charge on any atom is 0.247 e. The normalized spacial score (nSPS) is 20.3. The molecule has 1 unspecified atom stereocenters. The van der Waals surface area contributed by atoms with Crippen LogP contribution in [0.1, 0.15) is 37.7 Å². The van der Waals surface area contributed by atoms with Crippen LogP contribution in [0.4, 0.5) is 0 Å². The molecule has 1 atom stereocenters. The van der Waals surface area contributed by atoms with Crippen molar-refractivity contribution in [2.75, 3.05) is 0 Å². The van der Waals surface area contributed by atoms with Crippen LogP contribution in [0.2, 0.25) is 0 Å². The van der Waals surface area contributed by atoms with Crippen molar-refractivity contribution >= 4 is 17.5 Å². The van der Waals surface area contributed by atoms with Crippen LogP contribution in [-0.2, 0) is 10.2 Å². The molecule has 0 radical (unpaired) electrons. The standard InChI is InChI=1S/C13H17ClN2O2/c14-11(12(15)18)13(6-2-1-3-7-13)9-4-5-10(17)16-8-9/h4-5,8,11H,1-3,6-7H2,(H2,15,18)(H,16,17). The van der Waals surface area contributed by atoms with Gasteiger partial charge in [0.15, 0.2) is 0 Å². The number of hydrogen-bond donors (Lipinski definition) is 2. The first kappa shape index (κ1) is 13.1. The van der Waals surface area contributed by atoms with Crippen LogP contribution in [0.3, 0.4) is 0 Å². The Morgan fingerprint density at radius 3 is 2.50 bits per heavy atom. The van der Waals surface area contributed by atoms with Crippen LogP contribution >= 0.6 is 11.6 Å². The zero-order valence-electron chi connectivity index (χ0n) is 10.1. The third kappa shape index (κ3) is 2.29. The molecule has 0 aliphatic heterocycles. The number of hydrogen-bond acceptors (Lipinski definition) is 2. The van der Waals surface area contributed by atoms with E-state index >= 15 is 0 Å². The lowest BCUT2D eigenvalue weighted by atomic mass is 9.67. The van der Waals surface area contributed by atoms with Crippen molar-refractivity contribution in [3.8, 4) is 0 Å². The van der Waals surface area contributed by atoms with E-state index in [1.54, 1.807) is 12.3 Å². The average Bonchev–Trinajstić information content (AvgIpc) is 2.39. The number of primary amides is 1. The quantitative estimate of drug-likeness (QED) is 0.818. The Balaban J connectivity index is 2.44. The Hall–Kier alpha value is -1.29. The fraction of sp³-hybridized carbons (Fsp3) is 0.538. The third-order valence-electron chi connectivity index (χ3n) is 3.84. The van der Waals surface area contributed by atoms with Gasteiger partial charge in [-0.2, -0.15) is 0 Å². The number of aromatic amines is 1. The smallest absolute Gasteiger partial charge is 0.247 e. The Labute approximate surface area is 111 Å². The molecule has 1 saturated carbocycles. The van der Waals surface area contributed by atoms with Crippen molar-refractivity contribution in [1.29, 1.82) is 0 Å². The SMILES string of the molecule is NC(=O)C(Cl)C1(c2ccc(=O)[nH]c2)CCCCC1. The van der Waals surface area contributed by atoms with E-state index in [2.05, 4.69) is 4.98 Å². The molecule has 0 spiro atoms. The van der Waals surface area contributed by atoms with Gasteiger partial charge in [-0.1, -0.05) is 25.3 Å². The summed E-state index contributed by atoms with van der Waals surface area (Å²) in [6.45, 7) is 0. The zero-order chi connectivity index (χ0) is 13.2. The highest BCUT2D eigenvalue weighted by Gasteiger charge is 2.43. The molecular formula is C13H17ClN2O2. The van der Waals surface area contributed by atoms with E-state index in [0.717, 1.165) is 37.7 Å². The van der Waals surface area contributed by atoms with Crippen LogP contribution in [0.25, 0.3) is 0 Å². The second-order valence-corrected chi connectivity index (χ2v) is 5.36. The minimum absolute atomic E-state index is 0.157. The molecule has 0 bridgehead atoms. The average molecular weight is 269 g/mol. The van der Waals surface area contributed by atoms with Crippen LogP contribution in [0, 0.1) is 0 Å². The summed E-state index contributed by atoms with van der Waals surface area (Å²) < 4.78 is 0. The number of carbonyl (C=O) groups is 1. The second kappa shape index (κ2) is 5.14. The number of H-pyrrole nitrogens is 1. The molecule has 1 aliphatic carbocycles. The van der Waals surface area contributed by atoms with Crippen molar-refractivity contribution in [3.05, 3.63) is 34.2 Å². The second-order valence-electron chi connectivity index (χ2n) is 4.92. The number of nitrogens with one attached hydrogen (secondary N) is 1. The van der Waals surface area contributed by atoms with Crippen molar-refractivity contribution in [1.82, 2.24) is 4.98 Å². The van der Waals surface area contributed by atoms with Gasteiger partial charge in [-0.05, 0) is 18.4 Å². The van der Waals surface area contributed by atoms with Gasteiger partial charge >= 0.3 is 0 Å². The van der Waals surface area contributed by atoms with E-state index < -0.39 is 16.7 Å². The fourth-order valence-electron chi connectivity index (χ4n) is 2.86. The van der Waals surface area contributed by atoms with Gasteiger partial charge in [-0.15, -0.1) is 11.6 Å². The summed E-state index contributed by atoms with van der Waals surface area (Å²) in [5.41, 5.74) is 5.69. The minimum Gasteiger partial charge on any atom is -0.368 e. The number of rotatable bonds is 3. The monoisotopic (exact) mass is 268 g/mol. The highest BCUT2D eigenvalue weighted by Crippen LogP contribution is 2.43. The number of pyridine rings is 1. The lowest BCUT2D eigenvalue weighted by molar-refractivity contribution is -0.119. The van der Waals surface area contributed by atoms with E-state index in [1.165, 1.54) is 6.07 Å². The molecule has 1 aromatic heterocycles. The highest BCUT2D eigenvalue weighted by molar-refractivity contribution is 6.31. The van der Waals surface area contributed by atoms with Crippen LogP contribution in [0.15, 0.2) is 23.1 Å². The Kier molecular flexibility index (Phi) is 3.76. The predicted molar refractivity (Wildman–Crippen MR) is 70.7 cm³/mol. The van der Waals surface area contributed by atoms with Crippen molar-refractivity contribution in [3.63, 3.8) is 0 Å². The fourth-order valence-corrected chi connectivity index (χ4v) is 3.21. The molecule has 1 aromatic rings. The summed E-state index contributed by atoms with van der Waals surface area (Å²) in [6, 6.07) is 3.22. The van der Waals surface area contributed by atoms with Crippen molar-refractivity contribution in [2.45, 2.75) is 42.9 Å². The van der Waals surface area contributed by atoms with Crippen LogP contribution in [0.5, 0.6) is 0 Å². The molecule has 98 valence electrons. The predicted octanol–water partition coefficient (Wildman–Crippen LogP) is 1.67. The lowest BCUT2D eigenvalue weighted by Crippen LogP contribution is -2.45. The maximum absolute atomic E-state index is 11.5. The first-order valence-corrected chi connectivity index (χ1v) is 6.62. The molecule has 18 heavy (non-hydrogen) atoms. The summed E-state index contributed by atoms with van der Waals surface area (Å²) in [5, 5.41) is -0.733. The van der Waals surface area contributed by atoms with E-state index in [1.807, 2.05) is 0 Å². The molecule has 1 aliphatic rings. The molecule has 3 N–H and O–H groups in total. The summed E-state index contributed by atoms with van der Waals surface area (Å²) in [6.07, 6.45) is 6.51. The summed E-state index contributed by atoms with van der Waals surface area (Å²) >= 11 is 6.26. The highest BCUT2D eigenvalue weighted by atomic mass is 35.5. The zero-order valence-corrected chi connectivity index (χ0v) is 10.9. The van der Waals surface area contributed by atoms with Crippen LogP contribution < -0.4 is 11.3 Å². The van der Waals surface area contributed by atoms with Gasteiger partial charge < -0.3 is 10.7 Å². The van der Waals surface area contributed by atoms with Crippen molar-refractivity contribution in [2.24, 2.45) is 5.73 Å². The van der Waals surface area contributed by atoms with Crippen LogP contribution in [-0.4, -0.2) is 16.3 Å². The van der Waals surface area contributed by atoms with Gasteiger partial charge in [0.1, 0.15) is 5.38 Å². The van der Waals surface area contributed by atoms with Gasteiger partial charge in [0, 0.05) is 17.7 Å². The number of amides is 1. The first-order valence-electron chi connectivity index (χ1n) is 6.19. The van der Waals surface area contributed by atoms with Gasteiger partial charge in [-0.25, -0.2) is 0 Å². The molecule has 0 aromatic carbocycles. The summed E-state index contributed by atoms with van der Waals surface area (Å²) in [7, 11) is 0. The molecule has 5 heteroatoms. The third-order valence-corrected chi connectivity index (χ3v) is 4.47. The molecule has 1 heterocycles. The van der Waals surface area contributed by atoms with Gasteiger partial charge in [-0.3, -0.25) is 9.59 Å². The van der Waals surface area contributed by atoms with Gasteiger partial charge in [0.05, 0.1) is 0 Å². The minimum atomic E-state index is -0.733. The number of alkyl halides is 1. The maximum atomic E-state index is 11.5. The number of nitrogens with two attached hydrogens (primary N) is 1. The Morgan fingerprint density at radius 1 is 1.33 bits per heavy atom. The number of carbonyl (C=O) groups excluding carboxylic acids is 1. The molecule has 1 fully saturated rings. The van der Waals surface area contributed by atoms with E-state index in [4.69, 9.17) is 17.3 Å². The summed E-state index contributed by atoms with van der Waals surface area (Å²) in [4.78, 5) is 25.2. The molecule has 4 nitrogen and oxygen atoms in total. The van der Waals surface area contributed by atoms with Gasteiger partial charge in [0.2, 0.25) is 11.5 Å². The molecule has 1 amide bonds. The molecule has 0 saturated heterocycles. The molecular weight excluding hydrogens is 252 g/mol. The van der Waals surface area contributed by atoms with E-state index in [-0.39, 0.29) is 5.56 Å².